The van der Waals surface area contributed by atoms with Crippen LogP contribution in [0.4, 0.5) is 0 Å². The zero-order valence-corrected chi connectivity index (χ0v) is 11.7. The molecule has 2 aromatic rings. The van der Waals surface area contributed by atoms with E-state index in [2.05, 4.69) is 61.8 Å². The molecule has 3 rings (SSSR count). The first kappa shape index (κ1) is 12.4. The first-order valence-electron chi connectivity index (χ1n) is 7.22. The van der Waals surface area contributed by atoms with Gasteiger partial charge in [-0.1, -0.05) is 49.4 Å². The summed E-state index contributed by atoms with van der Waals surface area (Å²) >= 11 is 0. The van der Waals surface area contributed by atoms with Crippen molar-refractivity contribution in [3.05, 3.63) is 59.2 Å². The molecule has 1 N–H and O–H groups in total. The highest BCUT2D eigenvalue weighted by atomic mass is 14.9. The minimum absolute atomic E-state index is 0.532. The van der Waals surface area contributed by atoms with E-state index in [9.17, 15) is 0 Å². The van der Waals surface area contributed by atoms with Crippen LogP contribution in [0.3, 0.4) is 0 Å². The van der Waals surface area contributed by atoms with Gasteiger partial charge in [0, 0.05) is 6.04 Å². The molecule has 0 aliphatic heterocycles. The van der Waals surface area contributed by atoms with Crippen molar-refractivity contribution in [2.45, 2.75) is 32.2 Å². The van der Waals surface area contributed by atoms with Crippen molar-refractivity contribution in [3.8, 4) is 11.1 Å². The number of nitrogens with one attached hydrogen (secondary N) is 1. The van der Waals surface area contributed by atoms with Crippen LogP contribution in [-0.4, -0.2) is 7.05 Å². The first-order valence-corrected chi connectivity index (χ1v) is 7.22. The fourth-order valence-corrected chi connectivity index (χ4v) is 3.18. The van der Waals surface area contributed by atoms with Crippen molar-refractivity contribution in [2.24, 2.45) is 0 Å². The second-order valence-corrected chi connectivity index (χ2v) is 5.31. The Labute approximate surface area is 115 Å². The summed E-state index contributed by atoms with van der Waals surface area (Å²) in [5, 5.41) is 3.42. The van der Waals surface area contributed by atoms with Gasteiger partial charge >= 0.3 is 0 Å². The highest BCUT2D eigenvalue weighted by Gasteiger charge is 2.23. The molecule has 0 heterocycles. The molecule has 1 aliphatic rings. The van der Waals surface area contributed by atoms with E-state index in [1.54, 1.807) is 0 Å². The molecule has 1 atom stereocenters. The molecule has 0 amide bonds. The van der Waals surface area contributed by atoms with E-state index in [0.717, 1.165) is 6.42 Å². The van der Waals surface area contributed by atoms with Crippen LogP contribution in [-0.2, 0) is 12.8 Å². The van der Waals surface area contributed by atoms with Crippen molar-refractivity contribution < 1.29 is 0 Å². The summed E-state index contributed by atoms with van der Waals surface area (Å²) < 4.78 is 0. The molecule has 2 aromatic carbocycles. The summed E-state index contributed by atoms with van der Waals surface area (Å²) in [6.07, 6.45) is 3.51. The zero-order valence-electron chi connectivity index (χ0n) is 11.7. The van der Waals surface area contributed by atoms with Gasteiger partial charge < -0.3 is 5.32 Å². The molecule has 1 heteroatoms. The number of fused-ring (bicyclic) bond motifs is 1. The Morgan fingerprint density at radius 3 is 2.79 bits per heavy atom. The Morgan fingerprint density at radius 1 is 1.16 bits per heavy atom. The van der Waals surface area contributed by atoms with Gasteiger partial charge in [0.25, 0.3) is 0 Å². The average Bonchev–Trinajstić information content (AvgIpc) is 2.90. The lowest BCUT2D eigenvalue weighted by atomic mass is 9.95. The molecule has 0 radical (unpaired) electrons. The van der Waals surface area contributed by atoms with Crippen molar-refractivity contribution >= 4 is 0 Å². The Bertz CT molecular complexity index is 586. The summed E-state index contributed by atoms with van der Waals surface area (Å²) in [6, 6.07) is 16.2. The third-order valence-electron chi connectivity index (χ3n) is 4.27. The maximum absolute atomic E-state index is 3.42. The first-order chi connectivity index (χ1) is 9.33. The van der Waals surface area contributed by atoms with E-state index in [4.69, 9.17) is 0 Å². The predicted octanol–water partition coefficient (Wildman–Crippen LogP) is 4.12. The maximum Gasteiger partial charge on any atom is 0.0323 e. The summed E-state index contributed by atoms with van der Waals surface area (Å²) in [7, 11) is 2.06. The van der Waals surface area contributed by atoms with Gasteiger partial charge in [-0.2, -0.15) is 0 Å². The number of hydrogen-bond acceptors (Lipinski definition) is 1. The molecule has 19 heavy (non-hydrogen) atoms. The summed E-state index contributed by atoms with van der Waals surface area (Å²) in [6.45, 7) is 2.21. The predicted molar refractivity (Wildman–Crippen MR) is 81.4 cm³/mol. The van der Waals surface area contributed by atoms with E-state index in [-0.39, 0.29) is 0 Å². The molecule has 0 saturated carbocycles. The number of hydrogen-bond donors (Lipinski definition) is 1. The monoisotopic (exact) mass is 251 g/mol. The second kappa shape index (κ2) is 5.18. The standard InChI is InChI=1S/C18H21N/c1-3-13-6-4-7-14(12-13)15-8-5-9-17-16(15)10-11-18(17)19-2/h4-9,12,18-19H,3,10-11H2,1-2H3. The average molecular weight is 251 g/mol. The normalized spacial score (nSPS) is 17.5. The Kier molecular flexibility index (Phi) is 3.39. The molecule has 1 aliphatic carbocycles. The summed E-state index contributed by atoms with van der Waals surface area (Å²) in [5.74, 6) is 0. The maximum atomic E-state index is 3.42. The molecule has 0 saturated heterocycles. The van der Waals surface area contributed by atoms with Crippen LogP contribution < -0.4 is 5.32 Å². The van der Waals surface area contributed by atoms with Gasteiger partial charge in [0.15, 0.2) is 0 Å². The minimum atomic E-state index is 0.532. The fourth-order valence-electron chi connectivity index (χ4n) is 3.18. The van der Waals surface area contributed by atoms with Gasteiger partial charge in [-0.05, 0) is 54.1 Å². The fraction of sp³-hybridized carbons (Fsp3) is 0.333. The Hall–Kier alpha value is -1.60. The molecule has 1 unspecified atom stereocenters. The summed E-state index contributed by atoms with van der Waals surface area (Å²) in [5.41, 5.74) is 7.23. The molecular formula is C18H21N. The Balaban J connectivity index is 2.09. The number of aryl methyl sites for hydroxylation is 1. The lowest BCUT2D eigenvalue weighted by Crippen LogP contribution is -2.12. The van der Waals surface area contributed by atoms with Crippen molar-refractivity contribution in [1.82, 2.24) is 5.32 Å². The zero-order chi connectivity index (χ0) is 13.2. The van der Waals surface area contributed by atoms with E-state index >= 15 is 0 Å². The van der Waals surface area contributed by atoms with Crippen LogP contribution in [0.15, 0.2) is 42.5 Å². The lowest BCUT2D eigenvalue weighted by molar-refractivity contribution is 0.590. The largest absolute Gasteiger partial charge is 0.313 e. The van der Waals surface area contributed by atoms with Crippen LogP contribution in [0.1, 0.15) is 36.1 Å². The SMILES string of the molecule is CCc1cccc(-c2cccc3c2CCC3NC)c1. The van der Waals surface area contributed by atoms with Crippen LogP contribution in [0.25, 0.3) is 11.1 Å². The van der Waals surface area contributed by atoms with Gasteiger partial charge in [-0.3, -0.25) is 0 Å². The van der Waals surface area contributed by atoms with Crippen LogP contribution in [0, 0.1) is 0 Å². The third-order valence-corrected chi connectivity index (χ3v) is 4.27. The van der Waals surface area contributed by atoms with E-state index in [1.807, 2.05) is 0 Å². The third kappa shape index (κ3) is 2.19. The molecule has 0 fully saturated rings. The van der Waals surface area contributed by atoms with Gasteiger partial charge in [0.1, 0.15) is 0 Å². The molecule has 0 aromatic heterocycles. The van der Waals surface area contributed by atoms with Gasteiger partial charge in [0.05, 0.1) is 0 Å². The van der Waals surface area contributed by atoms with Crippen LogP contribution >= 0.6 is 0 Å². The molecule has 98 valence electrons. The second-order valence-electron chi connectivity index (χ2n) is 5.31. The number of rotatable bonds is 3. The molecule has 1 nitrogen and oxygen atoms in total. The van der Waals surface area contributed by atoms with Crippen molar-refractivity contribution in [2.75, 3.05) is 7.05 Å². The van der Waals surface area contributed by atoms with E-state index in [1.165, 1.54) is 40.7 Å². The minimum Gasteiger partial charge on any atom is -0.313 e. The Morgan fingerprint density at radius 2 is 2.00 bits per heavy atom. The van der Waals surface area contributed by atoms with Gasteiger partial charge in [-0.15, -0.1) is 0 Å². The van der Waals surface area contributed by atoms with Crippen molar-refractivity contribution in [1.29, 1.82) is 0 Å². The van der Waals surface area contributed by atoms with E-state index < -0.39 is 0 Å². The quantitative estimate of drug-likeness (QED) is 0.865. The molecular weight excluding hydrogens is 230 g/mol. The summed E-state index contributed by atoms with van der Waals surface area (Å²) in [4.78, 5) is 0. The van der Waals surface area contributed by atoms with Crippen molar-refractivity contribution in [3.63, 3.8) is 0 Å². The smallest absolute Gasteiger partial charge is 0.0323 e. The highest BCUT2D eigenvalue weighted by Crippen LogP contribution is 2.37. The van der Waals surface area contributed by atoms with Gasteiger partial charge in [-0.25, -0.2) is 0 Å². The molecule has 0 bridgehead atoms. The van der Waals surface area contributed by atoms with E-state index in [0.29, 0.717) is 6.04 Å². The van der Waals surface area contributed by atoms with Crippen LogP contribution in [0.2, 0.25) is 0 Å². The lowest BCUT2D eigenvalue weighted by Gasteiger charge is -2.13. The number of benzene rings is 2. The van der Waals surface area contributed by atoms with Gasteiger partial charge in [0.2, 0.25) is 0 Å². The topological polar surface area (TPSA) is 12.0 Å². The van der Waals surface area contributed by atoms with Crippen LogP contribution in [0.5, 0.6) is 0 Å². The molecule has 0 spiro atoms. The highest BCUT2D eigenvalue weighted by molar-refractivity contribution is 5.70.